The molecule has 4 heterocycles. The lowest BCUT2D eigenvalue weighted by atomic mass is 10.0. The molecule has 0 atom stereocenters. The van der Waals surface area contributed by atoms with Crippen molar-refractivity contribution in [1.82, 2.24) is 19.8 Å². The Morgan fingerprint density at radius 3 is 2.77 bits per heavy atom. The summed E-state index contributed by atoms with van der Waals surface area (Å²) in [5, 5.41) is 19.1. The molecule has 8 heteroatoms. The van der Waals surface area contributed by atoms with Gasteiger partial charge >= 0.3 is 0 Å². The Morgan fingerprint density at radius 2 is 2.00 bits per heavy atom. The minimum absolute atomic E-state index is 0.195. The van der Waals surface area contributed by atoms with Gasteiger partial charge in [0.05, 0.1) is 0 Å². The standard InChI is InChI=1S/C22H25N7O/c23-19-4-2-9-29(19)21(24)17-3-1-5-20(26-17)27-22(30)18-11-15-13-28(16-6-7-16)10-8-14(15)12-25-18/h1,3,5,11-12,16,23-24H,2,4,6-10,13H2,(H,26,27,30). The number of hydrogen-bond donors (Lipinski definition) is 3. The molecule has 0 aromatic carbocycles. The topological polar surface area (TPSA) is 109 Å². The summed E-state index contributed by atoms with van der Waals surface area (Å²) < 4.78 is 0. The quantitative estimate of drug-likeness (QED) is 0.537. The van der Waals surface area contributed by atoms with E-state index in [-0.39, 0.29) is 11.7 Å². The number of pyridine rings is 2. The van der Waals surface area contributed by atoms with Crippen LogP contribution in [0.15, 0.2) is 30.5 Å². The van der Waals surface area contributed by atoms with Gasteiger partial charge in [-0.25, -0.2) is 4.98 Å². The fourth-order valence-corrected chi connectivity index (χ4v) is 4.21. The van der Waals surface area contributed by atoms with E-state index >= 15 is 0 Å². The molecule has 2 fully saturated rings. The van der Waals surface area contributed by atoms with Crippen molar-refractivity contribution in [2.24, 2.45) is 0 Å². The minimum Gasteiger partial charge on any atom is -0.314 e. The average Bonchev–Trinajstić information content (AvgIpc) is 3.53. The van der Waals surface area contributed by atoms with Crippen LogP contribution in [0.4, 0.5) is 5.82 Å². The highest BCUT2D eigenvalue weighted by atomic mass is 16.1. The van der Waals surface area contributed by atoms with E-state index in [1.54, 1.807) is 23.1 Å². The van der Waals surface area contributed by atoms with Crippen LogP contribution in [0.25, 0.3) is 0 Å². The molecular formula is C22H25N7O. The molecule has 1 saturated heterocycles. The van der Waals surface area contributed by atoms with Crippen molar-refractivity contribution in [1.29, 1.82) is 10.8 Å². The first-order valence-electron chi connectivity index (χ1n) is 10.5. The van der Waals surface area contributed by atoms with Crippen LogP contribution in [0.3, 0.4) is 0 Å². The molecular weight excluding hydrogens is 378 g/mol. The molecule has 1 amide bonds. The van der Waals surface area contributed by atoms with E-state index in [2.05, 4.69) is 20.2 Å². The van der Waals surface area contributed by atoms with Gasteiger partial charge in [-0.1, -0.05) is 6.07 Å². The van der Waals surface area contributed by atoms with Gasteiger partial charge in [0.2, 0.25) is 0 Å². The molecule has 2 aromatic rings. The molecule has 1 saturated carbocycles. The summed E-state index contributed by atoms with van der Waals surface area (Å²) in [7, 11) is 0. The number of carbonyl (C=O) groups is 1. The number of anilines is 1. The molecule has 5 rings (SSSR count). The van der Waals surface area contributed by atoms with Gasteiger partial charge < -0.3 is 10.2 Å². The normalized spacial score (nSPS) is 18.9. The highest BCUT2D eigenvalue weighted by molar-refractivity contribution is 6.07. The Morgan fingerprint density at radius 1 is 1.13 bits per heavy atom. The van der Waals surface area contributed by atoms with Crippen LogP contribution in [-0.2, 0) is 13.0 Å². The Labute approximate surface area is 175 Å². The number of nitrogens with one attached hydrogen (secondary N) is 3. The molecule has 8 nitrogen and oxygen atoms in total. The molecule has 0 radical (unpaired) electrons. The van der Waals surface area contributed by atoms with Crippen molar-refractivity contribution in [3.05, 3.63) is 53.0 Å². The van der Waals surface area contributed by atoms with Crippen LogP contribution in [0, 0.1) is 10.8 Å². The summed E-state index contributed by atoms with van der Waals surface area (Å²) in [5.74, 6) is 0.717. The van der Waals surface area contributed by atoms with Gasteiger partial charge in [0.25, 0.3) is 5.91 Å². The summed E-state index contributed by atoms with van der Waals surface area (Å²) in [6, 6.07) is 7.81. The van der Waals surface area contributed by atoms with Crippen LogP contribution < -0.4 is 5.32 Å². The first kappa shape index (κ1) is 18.9. The van der Waals surface area contributed by atoms with E-state index in [4.69, 9.17) is 10.8 Å². The molecule has 154 valence electrons. The molecule has 3 aliphatic rings. The van der Waals surface area contributed by atoms with E-state index < -0.39 is 0 Å². The molecule has 0 spiro atoms. The van der Waals surface area contributed by atoms with Gasteiger partial charge in [-0.05, 0) is 55.0 Å². The molecule has 2 aliphatic heterocycles. The fourth-order valence-electron chi connectivity index (χ4n) is 4.21. The van der Waals surface area contributed by atoms with Crippen molar-refractivity contribution >= 4 is 23.4 Å². The van der Waals surface area contributed by atoms with E-state index in [0.29, 0.717) is 42.0 Å². The first-order valence-corrected chi connectivity index (χ1v) is 10.5. The number of carbonyl (C=O) groups excluding carboxylic acids is 1. The van der Waals surface area contributed by atoms with E-state index in [9.17, 15) is 4.79 Å². The highest BCUT2D eigenvalue weighted by Crippen LogP contribution is 2.31. The number of aromatic nitrogens is 2. The number of amidine groups is 2. The summed E-state index contributed by atoms with van der Waals surface area (Å²) in [6.07, 6.45) is 6.93. The molecule has 30 heavy (non-hydrogen) atoms. The predicted molar refractivity (Wildman–Crippen MR) is 114 cm³/mol. The van der Waals surface area contributed by atoms with Gasteiger partial charge in [-0.3, -0.25) is 25.5 Å². The van der Waals surface area contributed by atoms with Crippen LogP contribution >= 0.6 is 0 Å². The van der Waals surface area contributed by atoms with Crippen LogP contribution in [0.2, 0.25) is 0 Å². The van der Waals surface area contributed by atoms with Gasteiger partial charge in [0, 0.05) is 38.3 Å². The molecule has 2 aromatic heterocycles. The summed E-state index contributed by atoms with van der Waals surface area (Å²) in [6.45, 7) is 2.62. The number of nitrogens with zero attached hydrogens (tertiary/aromatic N) is 4. The Kier molecular flexibility index (Phi) is 4.78. The third kappa shape index (κ3) is 3.70. The van der Waals surface area contributed by atoms with Crippen molar-refractivity contribution in [3.63, 3.8) is 0 Å². The lowest BCUT2D eigenvalue weighted by molar-refractivity contribution is 0.102. The highest BCUT2D eigenvalue weighted by Gasteiger charge is 2.31. The lowest BCUT2D eigenvalue weighted by Gasteiger charge is -2.28. The van der Waals surface area contributed by atoms with Crippen molar-refractivity contribution in [3.8, 4) is 0 Å². The third-order valence-electron chi connectivity index (χ3n) is 6.04. The van der Waals surface area contributed by atoms with E-state index in [0.717, 1.165) is 25.9 Å². The van der Waals surface area contributed by atoms with Crippen molar-refractivity contribution < 1.29 is 4.79 Å². The number of rotatable bonds is 4. The number of likely N-dealkylation sites (tertiary alicyclic amines) is 1. The first-order chi connectivity index (χ1) is 14.6. The molecule has 3 N–H and O–H groups in total. The lowest BCUT2D eigenvalue weighted by Crippen LogP contribution is -2.33. The Hall–Kier alpha value is -3.13. The molecule has 1 aliphatic carbocycles. The minimum atomic E-state index is -0.300. The predicted octanol–water partition coefficient (Wildman–Crippen LogP) is 2.65. The zero-order valence-electron chi connectivity index (χ0n) is 16.8. The number of fused-ring (bicyclic) bond motifs is 1. The maximum atomic E-state index is 12.8. The van der Waals surface area contributed by atoms with Gasteiger partial charge in [-0.15, -0.1) is 0 Å². The smallest absolute Gasteiger partial charge is 0.275 e. The summed E-state index contributed by atoms with van der Waals surface area (Å²) in [5.41, 5.74) is 3.24. The zero-order valence-corrected chi connectivity index (χ0v) is 16.8. The largest absolute Gasteiger partial charge is 0.314 e. The van der Waals surface area contributed by atoms with Gasteiger partial charge in [0.1, 0.15) is 23.0 Å². The Bertz CT molecular complexity index is 1030. The van der Waals surface area contributed by atoms with Crippen LogP contribution in [0.1, 0.15) is 53.0 Å². The van der Waals surface area contributed by atoms with Crippen LogP contribution in [-0.4, -0.2) is 56.5 Å². The fraction of sp³-hybridized carbons (Fsp3) is 0.409. The van der Waals surface area contributed by atoms with Crippen molar-refractivity contribution in [2.75, 3.05) is 18.4 Å². The second-order valence-electron chi connectivity index (χ2n) is 8.20. The van der Waals surface area contributed by atoms with Gasteiger partial charge in [0.15, 0.2) is 5.84 Å². The van der Waals surface area contributed by atoms with E-state index in [1.807, 2.05) is 12.3 Å². The SMILES string of the molecule is N=C1CCCN1C(=N)c1cccc(NC(=O)c2cc3c(cn2)CCN(C2CC2)C3)n1. The third-order valence-corrected chi connectivity index (χ3v) is 6.04. The summed E-state index contributed by atoms with van der Waals surface area (Å²) in [4.78, 5) is 25.7. The van der Waals surface area contributed by atoms with E-state index in [1.165, 1.54) is 24.0 Å². The Balaban J connectivity index is 1.30. The number of hydrogen-bond acceptors (Lipinski definition) is 6. The second kappa shape index (κ2) is 7.60. The average molecular weight is 403 g/mol. The van der Waals surface area contributed by atoms with Gasteiger partial charge in [-0.2, -0.15) is 0 Å². The maximum absolute atomic E-state index is 12.8. The maximum Gasteiger partial charge on any atom is 0.275 e. The summed E-state index contributed by atoms with van der Waals surface area (Å²) >= 11 is 0. The zero-order chi connectivity index (χ0) is 20.7. The van der Waals surface area contributed by atoms with Crippen LogP contribution in [0.5, 0.6) is 0 Å². The molecule has 0 bridgehead atoms. The monoisotopic (exact) mass is 403 g/mol. The number of amides is 1. The van der Waals surface area contributed by atoms with Crippen molar-refractivity contribution in [2.45, 2.75) is 44.7 Å². The second-order valence-corrected chi connectivity index (χ2v) is 8.20. The molecule has 0 unspecified atom stereocenters.